The van der Waals surface area contributed by atoms with Crippen molar-refractivity contribution in [3.05, 3.63) is 72.8 Å². The minimum absolute atomic E-state index is 0.585. The van der Waals surface area contributed by atoms with E-state index in [9.17, 15) is 0 Å². The fourth-order valence-corrected chi connectivity index (χ4v) is 3.10. The summed E-state index contributed by atoms with van der Waals surface area (Å²) >= 11 is 0. The van der Waals surface area contributed by atoms with Gasteiger partial charge in [0, 0.05) is 11.1 Å². The summed E-state index contributed by atoms with van der Waals surface area (Å²) < 4.78 is 0. The van der Waals surface area contributed by atoms with Crippen LogP contribution in [0.25, 0.3) is 44.9 Å². The van der Waals surface area contributed by atoms with Crippen molar-refractivity contribution in [1.29, 1.82) is 0 Å². The van der Waals surface area contributed by atoms with Crippen LogP contribution in [0.2, 0.25) is 0 Å². The Hall–Kier alpha value is -3.80. The maximum Gasteiger partial charge on any atom is 0.205 e. The number of H-pyrrole nitrogens is 2. The second-order valence-electron chi connectivity index (χ2n) is 5.96. The van der Waals surface area contributed by atoms with Crippen LogP contribution in [0.1, 0.15) is 0 Å². The maximum atomic E-state index is 4.66. The summed E-state index contributed by atoms with van der Waals surface area (Å²) in [7, 11) is 0. The third-order valence-electron chi connectivity index (χ3n) is 4.37. The van der Waals surface area contributed by atoms with Gasteiger partial charge in [-0.1, -0.05) is 60.7 Å². The molecule has 0 radical (unpaired) electrons. The number of hydrogen-bond acceptors (Lipinski definition) is 4. The zero-order chi connectivity index (χ0) is 17.3. The number of fused-ring (bicyclic) bond motifs is 1. The van der Waals surface area contributed by atoms with Gasteiger partial charge in [-0.2, -0.15) is 5.21 Å². The topological polar surface area (TPSA) is 83.1 Å². The first-order chi connectivity index (χ1) is 12.9. The van der Waals surface area contributed by atoms with Gasteiger partial charge in [0.05, 0.1) is 11.0 Å². The number of aromatic amines is 2. The normalized spacial score (nSPS) is 11.1. The summed E-state index contributed by atoms with van der Waals surface area (Å²) in [4.78, 5) is 8.02. The van der Waals surface area contributed by atoms with Crippen molar-refractivity contribution in [2.45, 2.75) is 0 Å². The van der Waals surface area contributed by atoms with Crippen LogP contribution < -0.4 is 0 Å². The molecule has 2 heterocycles. The highest BCUT2D eigenvalue weighted by Gasteiger charge is 2.11. The fourth-order valence-electron chi connectivity index (χ4n) is 3.10. The average molecular weight is 338 g/mol. The lowest BCUT2D eigenvalue weighted by Crippen LogP contribution is -1.88. The van der Waals surface area contributed by atoms with E-state index < -0.39 is 0 Å². The smallest absolute Gasteiger partial charge is 0.205 e. The maximum absolute atomic E-state index is 4.66. The Kier molecular flexibility index (Phi) is 3.31. The van der Waals surface area contributed by atoms with Crippen molar-refractivity contribution in [3.8, 4) is 33.9 Å². The number of nitrogens with one attached hydrogen (secondary N) is 2. The summed E-state index contributed by atoms with van der Waals surface area (Å²) in [5.41, 5.74) is 6.14. The van der Waals surface area contributed by atoms with Crippen LogP contribution in [-0.2, 0) is 0 Å². The third kappa shape index (κ3) is 2.44. The number of rotatable bonds is 3. The fraction of sp³-hybridized carbons (Fsp3) is 0. The van der Waals surface area contributed by atoms with Crippen molar-refractivity contribution < 1.29 is 0 Å². The molecule has 124 valence electrons. The number of aromatic nitrogens is 6. The van der Waals surface area contributed by atoms with E-state index in [1.807, 2.05) is 42.5 Å². The Bertz CT molecular complexity index is 1140. The number of nitrogens with zero attached hydrogens (tertiary/aromatic N) is 4. The standard InChI is InChI=1S/C20H14N6/c1-2-6-16(20-23-25-26-24-20)15(5-1)13-9-11-14(12-10-13)19-21-17-7-3-4-8-18(17)22-19/h1-12H,(H,21,22)(H,23,24,25,26). The molecule has 5 aromatic rings. The van der Waals surface area contributed by atoms with Gasteiger partial charge in [-0.15, -0.1) is 10.2 Å². The molecule has 0 spiro atoms. The average Bonchev–Trinajstić information content (AvgIpc) is 3.38. The van der Waals surface area contributed by atoms with E-state index in [-0.39, 0.29) is 0 Å². The van der Waals surface area contributed by atoms with Crippen molar-refractivity contribution in [3.63, 3.8) is 0 Å². The predicted octanol–water partition coefficient (Wildman–Crippen LogP) is 4.08. The van der Waals surface area contributed by atoms with Gasteiger partial charge in [0.15, 0.2) is 0 Å². The highest BCUT2D eigenvalue weighted by Crippen LogP contribution is 2.31. The second-order valence-corrected chi connectivity index (χ2v) is 5.96. The lowest BCUT2D eigenvalue weighted by molar-refractivity contribution is 0.881. The van der Waals surface area contributed by atoms with Crippen LogP contribution in [0, 0.1) is 0 Å². The summed E-state index contributed by atoms with van der Waals surface area (Å²) in [5.74, 6) is 1.45. The Labute approximate surface area is 148 Å². The van der Waals surface area contributed by atoms with Crippen LogP contribution in [0.15, 0.2) is 72.8 Å². The summed E-state index contributed by atoms with van der Waals surface area (Å²) in [6.45, 7) is 0. The van der Waals surface area contributed by atoms with Gasteiger partial charge in [0.25, 0.3) is 0 Å². The molecule has 0 fully saturated rings. The van der Waals surface area contributed by atoms with E-state index in [4.69, 9.17) is 0 Å². The van der Waals surface area contributed by atoms with E-state index in [1.54, 1.807) is 0 Å². The van der Waals surface area contributed by atoms with Crippen molar-refractivity contribution >= 4 is 11.0 Å². The Morgan fingerprint density at radius 3 is 2.19 bits per heavy atom. The van der Waals surface area contributed by atoms with Crippen LogP contribution in [-0.4, -0.2) is 30.6 Å². The summed E-state index contributed by atoms with van der Waals surface area (Å²) in [6, 6.07) is 24.4. The Morgan fingerprint density at radius 2 is 1.42 bits per heavy atom. The largest absolute Gasteiger partial charge is 0.338 e. The third-order valence-corrected chi connectivity index (χ3v) is 4.37. The van der Waals surface area contributed by atoms with E-state index in [0.717, 1.165) is 39.1 Å². The van der Waals surface area contributed by atoms with Crippen molar-refractivity contribution in [1.82, 2.24) is 30.6 Å². The highest BCUT2D eigenvalue weighted by molar-refractivity contribution is 5.82. The molecular formula is C20H14N6. The molecule has 6 nitrogen and oxygen atoms in total. The van der Waals surface area contributed by atoms with Crippen molar-refractivity contribution in [2.75, 3.05) is 0 Å². The summed E-state index contributed by atoms with van der Waals surface area (Å²) in [5, 5.41) is 14.4. The molecule has 0 aliphatic rings. The monoisotopic (exact) mass is 338 g/mol. The molecule has 0 atom stereocenters. The molecule has 0 bridgehead atoms. The minimum atomic E-state index is 0.585. The zero-order valence-corrected chi connectivity index (χ0v) is 13.7. The van der Waals surface area contributed by atoms with Gasteiger partial charge in [0.1, 0.15) is 5.82 Å². The number of benzene rings is 3. The zero-order valence-electron chi connectivity index (χ0n) is 13.7. The number of imidazole rings is 1. The van der Waals surface area contributed by atoms with E-state index in [0.29, 0.717) is 5.82 Å². The Morgan fingerprint density at radius 1 is 0.692 bits per heavy atom. The Balaban J connectivity index is 1.55. The molecule has 5 rings (SSSR count). The van der Waals surface area contributed by atoms with Crippen LogP contribution in [0.4, 0.5) is 0 Å². The SMILES string of the molecule is c1ccc(-c2nn[nH]n2)c(-c2ccc(-c3nc4ccccc4[nH]3)cc2)c1. The van der Waals surface area contributed by atoms with Crippen LogP contribution >= 0.6 is 0 Å². The highest BCUT2D eigenvalue weighted by atomic mass is 15.5. The first kappa shape index (κ1) is 14.5. The molecule has 0 unspecified atom stereocenters. The van der Waals surface area contributed by atoms with E-state index in [1.165, 1.54) is 0 Å². The molecule has 0 amide bonds. The molecule has 0 aliphatic heterocycles. The van der Waals surface area contributed by atoms with E-state index >= 15 is 0 Å². The molecule has 26 heavy (non-hydrogen) atoms. The summed E-state index contributed by atoms with van der Waals surface area (Å²) in [6.07, 6.45) is 0. The lowest BCUT2D eigenvalue weighted by Gasteiger charge is -2.07. The van der Waals surface area contributed by atoms with Gasteiger partial charge in [-0.3, -0.25) is 0 Å². The lowest BCUT2D eigenvalue weighted by atomic mass is 9.98. The van der Waals surface area contributed by atoms with Gasteiger partial charge in [-0.05, 0) is 28.5 Å². The van der Waals surface area contributed by atoms with Gasteiger partial charge >= 0.3 is 0 Å². The number of hydrogen-bond donors (Lipinski definition) is 2. The first-order valence-corrected chi connectivity index (χ1v) is 8.27. The predicted molar refractivity (Wildman–Crippen MR) is 100 cm³/mol. The molecule has 3 aromatic carbocycles. The molecule has 0 saturated carbocycles. The van der Waals surface area contributed by atoms with Gasteiger partial charge < -0.3 is 4.98 Å². The molecular weight excluding hydrogens is 324 g/mol. The van der Waals surface area contributed by atoms with E-state index in [2.05, 4.69) is 60.9 Å². The second kappa shape index (κ2) is 5.93. The molecule has 0 saturated heterocycles. The minimum Gasteiger partial charge on any atom is -0.338 e. The van der Waals surface area contributed by atoms with Crippen LogP contribution in [0.5, 0.6) is 0 Å². The first-order valence-electron chi connectivity index (χ1n) is 8.27. The van der Waals surface area contributed by atoms with Crippen LogP contribution in [0.3, 0.4) is 0 Å². The number of para-hydroxylation sites is 2. The quantitative estimate of drug-likeness (QED) is 0.519. The molecule has 6 heteroatoms. The molecule has 0 aliphatic carbocycles. The molecule has 2 aromatic heterocycles. The number of tetrazole rings is 1. The van der Waals surface area contributed by atoms with Crippen molar-refractivity contribution in [2.24, 2.45) is 0 Å². The van der Waals surface area contributed by atoms with Gasteiger partial charge in [0.2, 0.25) is 5.82 Å². The van der Waals surface area contributed by atoms with Gasteiger partial charge in [-0.25, -0.2) is 4.98 Å². The molecule has 2 N–H and O–H groups in total.